The van der Waals surface area contributed by atoms with Crippen LogP contribution in [0.15, 0.2) is 70.6 Å². The Kier molecular flexibility index (Phi) is 4.40. The summed E-state index contributed by atoms with van der Waals surface area (Å²) in [6.45, 7) is 1.84. The second-order valence-corrected chi connectivity index (χ2v) is 8.44. The average Bonchev–Trinajstić information content (AvgIpc) is 2.90. The summed E-state index contributed by atoms with van der Waals surface area (Å²) in [5, 5.41) is 9.73. The fraction of sp³-hybridized carbons (Fsp3) is 0.130. The molecule has 2 aromatic carbocycles. The van der Waals surface area contributed by atoms with Crippen LogP contribution in [0.25, 0.3) is 16.7 Å². The van der Waals surface area contributed by atoms with E-state index in [2.05, 4.69) is 9.97 Å². The van der Waals surface area contributed by atoms with Crippen LogP contribution in [0.1, 0.15) is 32.6 Å². The lowest BCUT2D eigenvalue weighted by Gasteiger charge is -2.19. The first-order chi connectivity index (χ1) is 14.5. The Morgan fingerprint density at radius 3 is 2.67 bits per heavy atom. The SMILES string of the molecule is Cc1cc(=O)c(C(=O)O)c2n1-c1ccccc1S[C@H](c1ccc3nccnc3c1)C2. The highest BCUT2D eigenvalue weighted by Crippen LogP contribution is 2.44. The van der Waals surface area contributed by atoms with Gasteiger partial charge in [0.2, 0.25) is 0 Å². The van der Waals surface area contributed by atoms with Crippen LogP contribution < -0.4 is 5.43 Å². The number of carboxylic acids is 1. The van der Waals surface area contributed by atoms with Crippen molar-refractivity contribution in [2.45, 2.75) is 23.5 Å². The number of aromatic nitrogens is 3. The number of carbonyl (C=O) groups is 1. The minimum Gasteiger partial charge on any atom is -0.477 e. The maximum Gasteiger partial charge on any atom is 0.341 e. The van der Waals surface area contributed by atoms with Crippen molar-refractivity contribution in [3.63, 3.8) is 0 Å². The van der Waals surface area contributed by atoms with Crippen molar-refractivity contribution < 1.29 is 9.90 Å². The zero-order valence-electron chi connectivity index (χ0n) is 16.1. The van der Waals surface area contributed by atoms with Crippen molar-refractivity contribution in [1.82, 2.24) is 14.5 Å². The highest BCUT2D eigenvalue weighted by molar-refractivity contribution is 7.99. The van der Waals surface area contributed by atoms with E-state index in [1.807, 2.05) is 54.0 Å². The second-order valence-electron chi connectivity index (χ2n) is 7.20. The summed E-state index contributed by atoms with van der Waals surface area (Å²) in [4.78, 5) is 34.3. The number of hydrogen-bond acceptors (Lipinski definition) is 5. The van der Waals surface area contributed by atoms with Gasteiger partial charge in [0.1, 0.15) is 5.56 Å². The van der Waals surface area contributed by atoms with Crippen molar-refractivity contribution in [1.29, 1.82) is 0 Å². The number of fused-ring (bicyclic) bond motifs is 4. The molecule has 0 spiro atoms. The maximum absolute atomic E-state index is 12.6. The van der Waals surface area contributed by atoms with E-state index in [9.17, 15) is 14.7 Å². The van der Waals surface area contributed by atoms with Crippen molar-refractivity contribution in [2.75, 3.05) is 0 Å². The number of hydrogen-bond donors (Lipinski definition) is 1. The van der Waals surface area contributed by atoms with Gasteiger partial charge in [-0.25, -0.2) is 4.79 Å². The molecule has 6 nitrogen and oxygen atoms in total. The van der Waals surface area contributed by atoms with Gasteiger partial charge in [0.05, 0.1) is 16.7 Å². The topological polar surface area (TPSA) is 85.1 Å². The van der Waals surface area contributed by atoms with Crippen LogP contribution in [0.2, 0.25) is 0 Å². The van der Waals surface area contributed by atoms with Crippen LogP contribution in [-0.4, -0.2) is 25.6 Å². The lowest BCUT2D eigenvalue weighted by molar-refractivity contribution is 0.0693. The van der Waals surface area contributed by atoms with Gasteiger partial charge in [0.15, 0.2) is 5.43 Å². The Labute approximate surface area is 176 Å². The first kappa shape index (κ1) is 18.6. The van der Waals surface area contributed by atoms with Crippen molar-refractivity contribution in [2.24, 2.45) is 0 Å². The van der Waals surface area contributed by atoms with E-state index in [4.69, 9.17) is 0 Å². The van der Waals surface area contributed by atoms with Gasteiger partial charge in [-0.05, 0) is 36.8 Å². The van der Waals surface area contributed by atoms with Crippen molar-refractivity contribution in [3.05, 3.63) is 93.7 Å². The molecule has 30 heavy (non-hydrogen) atoms. The average molecular weight is 415 g/mol. The van der Waals surface area contributed by atoms with Gasteiger partial charge in [-0.1, -0.05) is 18.2 Å². The third-order valence-corrected chi connectivity index (χ3v) is 6.65. The van der Waals surface area contributed by atoms with Gasteiger partial charge < -0.3 is 9.67 Å². The minimum absolute atomic E-state index is 0.0781. The predicted molar refractivity (Wildman–Crippen MR) is 116 cm³/mol. The Hall–Kier alpha value is -3.45. The molecule has 0 unspecified atom stereocenters. The minimum atomic E-state index is -1.20. The molecule has 1 N–H and O–H groups in total. The quantitative estimate of drug-likeness (QED) is 0.529. The molecule has 0 saturated carbocycles. The molecular weight excluding hydrogens is 398 g/mol. The third kappa shape index (κ3) is 2.98. The normalized spacial score (nSPS) is 15.3. The second kappa shape index (κ2) is 7.11. The van der Waals surface area contributed by atoms with Gasteiger partial charge in [-0.3, -0.25) is 14.8 Å². The zero-order chi connectivity index (χ0) is 20.8. The Morgan fingerprint density at radius 2 is 1.87 bits per heavy atom. The third-order valence-electron chi connectivity index (χ3n) is 5.33. The lowest BCUT2D eigenvalue weighted by atomic mass is 10.0. The summed E-state index contributed by atoms with van der Waals surface area (Å²) >= 11 is 1.67. The standard InChI is InChI=1S/C23H17N3O3S/c1-13-10-19(27)22(23(28)29)18-12-21(30-20-5-3-2-4-17(20)26(13)18)14-6-7-15-16(11-14)25-9-8-24-15/h2-11,21H,12H2,1H3,(H,28,29)/t21-/m0/s1. The van der Waals surface area contributed by atoms with E-state index in [1.54, 1.807) is 24.2 Å². The molecule has 0 amide bonds. The zero-order valence-corrected chi connectivity index (χ0v) is 16.9. The molecule has 1 aliphatic heterocycles. The van der Waals surface area contributed by atoms with E-state index in [-0.39, 0.29) is 10.8 Å². The van der Waals surface area contributed by atoms with Gasteiger partial charge >= 0.3 is 5.97 Å². The summed E-state index contributed by atoms with van der Waals surface area (Å²) in [5.41, 5.74) is 4.11. The number of pyridine rings is 1. The number of rotatable bonds is 2. The summed E-state index contributed by atoms with van der Waals surface area (Å²) in [6, 6.07) is 15.2. The van der Waals surface area contributed by atoms with Crippen LogP contribution in [0.4, 0.5) is 0 Å². The molecule has 1 aliphatic rings. The number of aryl methyl sites for hydroxylation is 1. The lowest BCUT2D eigenvalue weighted by Crippen LogP contribution is -2.24. The smallest absolute Gasteiger partial charge is 0.341 e. The van der Waals surface area contributed by atoms with Crippen molar-refractivity contribution >= 4 is 28.8 Å². The molecule has 0 bridgehead atoms. The van der Waals surface area contributed by atoms with Crippen molar-refractivity contribution in [3.8, 4) is 5.69 Å². The van der Waals surface area contributed by atoms with E-state index >= 15 is 0 Å². The number of aromatic carboxylic acids is 1. The van der Waals surface area contributed by atoms with E-state index in [1.165, 1.54) is 6.07 Å². The molecule has 2 aromatic heterocycles. The Morgan fingerprint density at radius 1 is 1.10 bits per heavy atom. The fourth-order valence-electron chi connectivity index (χ4n) is 4.03. The summed E-state index contributed by atoms with van der Waals surface area (Å²) < 4.78 is 1.91. The van der Waals surface area contributed by atoms with E-state index in [0.29, 0.717) is 12.1 Å². The highest BCUT2D eigenvalue weighted by Gasteiger charge is 2.29. The molecule has 4 aromatic rings. The van der Waals surface area contributed by atoms with Crippen LogP contribution in [0, 0.1) is 6.92 Å². The highest BCUT2D eigenvalue weighted by atomic mass is 32.2. The van der Waals surface area contributed by atoms with Gasteiger partial charge in [0.25, 0.3) is 0 Å². The molecule has 0 fully saturated rings. The van der Waals surface area contributed by atoms with Gasteiger partial charge in [-0.2, -0.15) is 0 Å². The molecule has 7 heteroatoms. The van der Waals surface area contributed by atoms with Gasteiger partial charge in [-0.15, -0.1) is 11.8 Å². The summed E-state index contributed by atoms with van der Waals surface area (Å²) in [6.07, 6.45) is 3.72. The molecule has 5 rings (SSSR count). The summed E-state index contributed by atoms with van der Waals surface area (Å²) in [7, 11) is 0. The maximum atomic E-state index is 12.6. The van der Waals surface area contributed by atoms with E-state index < -0.39 is 11.4 Å². The first-order valence-electron chi connectivity index (χ1n) is 9.48. The number of thioether (sulfide) groups is 1. The van der Waals surface area contributed by atoms with Crippen LogP contribution in [0.3, 0.4) is 0 Å². The molecule has 1 atom stereocenters. The number of para-hydroxylation sites is 1. The molecular formula is C23H17N3O3S. The Balaban J connectivity index is 1.77. The first-order valence-corrected chi connectivity index (χ1v) is 10.4. The number of carboxylic acid groups (broad SMARTS) is 1. The summed E-state index contributed by atoms with van der Waals surface area (Å²) in [5.74, 6) is -1.20. The monoisotopic (exact) mass is 415 g/mol. The molecule has 148 valence electrons. The molecule has 0 saturated heterocycles. The van der Waals surface area contributed by atoms with Gasteiger partial charge in [0, 0.05) is 46.4 Å². The van der Waals surface area contributed by atoms with Crippen LogP contribution >= 0.6 is 11.8 Å². The fourth-order valence-corrected chi connectivity index (χ4v) is 5.30. The molecule has 0 radical (unpaired) electrons. The largest absolute Gasteiger partial charge is 0.477 e. The van der Waals surface area contributed by atoms with Crippen LogP contribution in [0.5, 0.6) is 0 Å². The molecule has 3 heterocycles. The Bertz CT molecular complexity index is 1380. The van der Waals surface area contributed by atoms with E-state index in [0.717, 1.165) is 32.9 Å². The van der Waals surface area contributed by atoms with Crippen LogP contribution in [-0.2, 0) is 6.42 Å². The number of benzene rings is 2. The predicted octanol–water partition coefficient (Wildman–Crippen LogP) is 4.18. The molecule has 0 aliphatic carbocycles. The number of nitrogens with zero attached hydrogens (tertiary/aromatic N) is 3.